The Morgan fingerprint density at radius 1 is 1.04 bits per heavy atom. The zero-order chi connectivity index (χ0) is 16.4. The minimum Gasteiger partial charge on any atom is -0.374 e. The lowest BCUT2D eigenvalue weighted by Gasteiger charge is -2.15. The molecule has 118 valence electrons. The fraction of sp³-hybridized carbons (Fsp3) is 0.222. The van der Waals surface area contributed by atoms with E-state index in [9.17, 15) is 9.59 Å². The van der Waals surface area contributed by atoms with Crippen molar-refractivity contribution in [1.82, 2.24) is 10.6 Å². The van der Waals surface area contributed by atoms with E-state index in [4.69, 9.17) is 0 Å². The molecule has 3 rings (SSSR count). The summed E-state index contributed by atoms with van der Waals surface area (Å²) >= 11 is 0. The van der Waals surface area contributed by atoms with E-state index in [0.29, 0.717) is 0 Å². The van der Waals surface area contributed by atoms with Crippen molar-refractivity contribution in [2.45, 2.75) is 19.4 Å². The molecule has 0 bridgehead atoms. The second-order valence-electron chi connectivity index (χ2n) is 5.64. The van der Waals surface area contributed by atoms with Crippen LogP contribution >= 0.6 is 0 Å². The van der Waals surface area contributed by atoms with E-state index in [1.54, 1.807) is 6.92 Å². The largest absolute Gasteiger partial charge is 0.374 e. The molecule has 5 heteroatoms. The third-order valence-corrected chi connectivity index (χ3v) is 4.03. The quantitative estimate of drug-likeness (QED) is 0.696. The van der Waals surface area contributed by atoms with Gasteiger partial charge in [-0.25, -0.2) is 4.79 Å². The van der Waals surface area contributed by atoms with Crippen molar-refractivity contribution < 1.29 is 9.59 Å². The predicted octanol–water partition coefficient (Wildman–Crippen LogP) is 2.51. The second-order valence-corrected chi connectivity index (χ2v) is 5.64. The van der Waals surface area contributed by atoms with Crippen molar-refractivity contribution in [3.8, 4) is 11.1 Å². The molecule has 3 N–H and O–H groups in total. The topological polar surface area (TPSA) is 70.2 Å². The molecule has 0 heterocycles. The number of hydrogen-bond donors (Lipinski definition) is 3. The van der Waals surface area contributed by atoms with Crippen LogP contribution in [0.25, 0.3) is 11.1 Å². The summed E-state index contributed by atoms with van der Waals surface area (Å²) in [7, 11) is 1.47. The van der Waals surface area contributed by atoms with E-state index >= 15 is 0 Å². The van der Waals surface area contributed by atoms with Crippen LogP contribution in [0.2, 0.25) is 0 Å². The summed E-state index contributed by atoms with van der Waals surface area (Å²) < 4.78 is 0. The molecule has 0 radical (unpaired) electrons. The normalized spacial score (nSPS) is 12.8. The van der Waals surface area contributed by atoms with Crippen molar-refractivity contribution in [1.29, 1.82) is 0 Å². The lowest BCUT2D eigenvalue weighted by atomic mass is 10.1. The third kappa shape index (κ3) is 3.04. The number of carbonyl (C=O) groups excluding carboxylic acids is 2. The molecule has 1 unspecified atom stereocenters. The maximum Gasteiger partial charge on any atom is 0.321 e. The van der Waals surface area contributed by atoms with E-state index < -0.39 is 12.1 Å². The van der Waals surface area contributed by atoms with Gasteiger partial charge in [-0.3, -0.25) is 10.1 Å². The molecule has 23 heavy (non-hydrogen) atoms. The van der Waals surface area contributed by atoms with Gasteiger partial charge in [-0.05, 0) is 47.7 Å². The molecule has 2 aromatic carbocycles. The van der Waals surface area contributed by atoms with Crippen molar-refractivity contribution in [3.05, 3.63) is 53.6 Å². The van der Waals surface area contributed by atoms with E-state index in [0.717, 1.165) is 12.1 Å². The van der Waals surface area contributed by atoms with Crippen LogP contribution < -0.4 is 16.0 Å². The average Bonchev–Trinajstić information content (AvgIpc) is 2.92. The summed E-state index contributed by atoms with van der Waals surface area (Å²) in [4.78, 5) is 23.1. The predicted molar refractivity (Wildman–Crippen MR) is 90.4 cm³/mol. The molecule has 0 aromatic heterocycles. The van der Waals surface area contributed by atoms with Crippen LogP contribution in [0, 0.1) is 0 Å². The lowest BCUT2D eigenvalue weighted by Crippen LogP contribution is -2.44. The standard InChI is InChI=1S/C18H19N3O2/c1-11(17(22)21-18(23)19-2)20-14-7-8-16-13(10-14)9-12-5-3-4-6-15(12)16/h3-8,10-11,20H,9H2,1-2H3,(H2,19,21,22,23). The molecule has 1 aliphatic rings. The molecule has 1 atom stereocenters. The Bertz CT molecular complexity index is 771. The molecular formula is C18H19N3O2. The Labute approximate surface area is 135 Å². The molecule has 0 spiro atoms. The molecule has 0 aliphatic heterocycles. The summed E-state index contributed by atoms with van der Waals surface area (Å²) in [6, 6.07) is 13.5. The highest BCUT2D eigenvalue weighted by Crippen LogP contribution is 2.37. The summed E-state index contributed by atoms with van der Waals surface area (Å²) in [5, 5.41) is 7.76. The SMILES string of the molecule is CNC(=O)NC(=O)C(C)Nc1ccc2c(c1)Cc1ccccc1-2. The van der Waals surface area contributed by atoms with Crippen LogP contribution in [-0.4, -0.2) is 25.0 Å². The van der Waals surface area contributed by atoms with Crippen molar-refractivity contribution in [2.75, 3.05) is 12.4 Å². The van der Waals surface area contributed by atoms with Crippen LogP contribution in [0.1, 0.15) is 18.1 Å². The molecule has 2 aromatic rings. The summed E-state index contributed by atoms with van der Waals surface area (Å²) in [6.45, 7) is 1.72. The number of imide groups is 1. The first-order valence-electron chi connectivity index (χ1n) is 7.59. The lowest BCUT2D eigenvalue weighted by molar-refractivity contribution is -0.120. The fourth-order valence-electron chi connectivity index (χ4n) is 2.83. The van der Waals surface area contributed by atoms with Gasteiger partial charge in [0.05, 0.1) is 0 Å². The first-order chi connectivity index (χ1) is 11.1. The molecule has 5 nitrogen and oxygen atoms in total. The molecular weight excluding hydrogens is 290 g/mol. The van der Waals surface area contributed by atoms with Gasteiger partial charge in [0.1, 0.15) is 6.04 Å². The summed E-state index contributed by atoms with van der Waals surface area (Å²) in [5.74, 6) is -0.367. The van der Waals surface area contributed by atoms with Crippen LogP contribution in [-0.2, 0) is 11.2 Å². The Hall–Kier alpha value is -2.82. The van der Waals surface area contributed by atoms with Crippen LogP contribution in [0.5, 0.6) is 0 Å². The highest BCUT2D eigenvalue weighted by molar-refractivity contribution is 5.97. The number of nitrogens with one attached hydrogen (secondary N) is 3. The molecule has 1 aliphatic carbocycles. The molecule has 0 fully saturated rings. The average molecular weight is 309 g/mol. The Morgan fingerprint density at radius 3 is 2.57 bits per heavy atom. The minimum absolute atomic E-state index is 0.367. The van der Waals surface area contributed by atoms with Gasteiger partial charge in [-0.1, -0.05) is 30.3 Å². The molecule has 3 amide bonds. The van der Waals surface area contributed by atoms with Crippen LogP contribution in [0.15, 0.2) is 42.5 Å². The maximum absolute atomic E-state index is 11.9. The second kappa shape index (κ2) is 6.12. The van der Waals surface area contributed by atoms with Gasteiger partial charge < -0.3 is 10.6 Å². The summed E-state index contributed by atoms with van der Waals surface area (Å²) in [5.41, 5.74) is 5.96. The van der Waals surface area contributed by atoms with Crippen LogP contribution in [0.4, 0.5) is 10.5 Å². The first-order valence-corrected chi connectivity index (χ1v) is 7.59. The first kappa shape index (κ1) is 15.1. The van der Waals surface area contributed by atoms with Crippen molar-refractivity contribution in [2.24, 2.45) is 0 Å². The zero-order valence-electron chi connectivity index (χ0n) is 13.1. The van der Waals surface area contributed by atoms with Crippen LogP contribution in [0.3, 0.4) is 0 Å². The number of fused-ring (bicyclic) bond motifs is 3. The number of benzene rings is 2. The zero-order valence-corrected chi connectivity index (χ0v) is 13.1. The minimum atomic E-state index is -0.506. The maximum atomic E-state index is 11.9. The van der Waals surface area contributed by atoms with E-state index in [1.807, 2.05) is 12.1 Å². The van der Waals surface area contributed by atoms with E-state index in [-0.39, 0.29) is 5.91 Å². The molecule has 0 saturated heterocycles. The fourth-order valence-corrected chi connectivity index (χ4v) is 2.83. The monoisotopic (exact) mass is 309 g/mol. The highest BCUT2D eigenvalue weighted by Gasteiger charge is 2.19. The number of urea groups is 1. The van der Waals surface area contributed by atoms with Gasteiger partial charge in [0.25, 0.3) is 0 Å². The number of anilines is 1. The van der Waals surface area contributed by atoms with Gasteiger partial charge in [0.15, 0.2) is 0 Å². The number of amides is 3. The van der Waals surface area contributed by atoms with E-state index in [1.165, 1.54) is 29.3 Å². The Kier molecular flexibility index (Phi) is 4.02. The van der Waals surface area contributed by atoms with Crippen molar-refractivity contribution >= 4 is 17.6 Å². The van der Waals surface area contributed by atoms with Gasteiger partial charge in [0, 0.05) is 12.7 Å². The summed E-state index contributed by atoms with van der Waals surface area (Å²) in [6.07, 6.45) is 0.903. The van der Waals surface area contributed by atoms with E-state index in [2.05, 4.69) is 46.3 Å². The number of carbonyl (C=O) groups is 2. The van der Waals surface area contributed by atoms with Gasteiger partial charge in [0.2, 0.25) is 5.91 Å². The van der Waals surface area contributed by atoms with Gasteiger partial charge in [-0.2, -0.15) is 0 Å². The molecule has 0 saturated carbocycles. The number of hydrogen-bond acceptors (Lipinski definition) is 3. The number of rotatable bonds is 3. The van der Waals surface area contributed by atoms with Gasteiger partial charge >= 0.3 is 6.03 Å². The van der Waals surface area contributed by atoms with Crippen molar-refractivity contribution in [3.63, 3.8) is 0 Å². The third-order valence-electron chi connectivity index (χ3n) is 4.03. The Morgan fingerprint density at radius 2 is 1.78 bits per heavy atom. The van der Waals surface area contributed by atoms with Gasteiger partial charge in [-0.15, -0.1) is 0 Å². The highest BCUT2D eigenvalue weighted by atomic mass is 16.2. The Balaban J connectivity index is 1.73. The smallest absolute Gasteiger partial charge is 0.321 e.